The van der Waals surface area contributed by atoms with E-state index in [0.717, 1.165) is 11.3 Å². The van der Waals surface area contributed by atoms with Gasteiger partial charge in [0.05, 0.1) is 15.5 Å². The van der Waals surface area contributed by atoms with E-state index in [4.69, 9.17) is 21.8 Å². The number of nitrogens with zero attached hydrogens (tertiary/aromatic N) is 4. The maximum atomic E-state index is 14.7. The fourth-order valence-electron chi connectivity index (χ4n) is 2.79. The van der Waals surface area contributed by atoms with Crippen molar-refractivity contribution in [3.8, 4) is 22.2 Å². The highest BCUT2D eigenvalue weighted by Gasteiger charge is 2.39. The second kappa shape index (κ2) is 6.94. The molecule has 28 heavy (non-hydrogen) atoms. The van der Waals surface area contributed by atoms with Crippen LogP contribution in [-0.2, 0) is 16.5 Å². The maximum absolute atomic E-state index is 14.7. The molecule has 0 aliphatic carbocycles. The van der Waals surface area contributed by atoms with Crippen molar-refractivity contribution in [2.24, 2.45) is 10.7 Å². The molecule has 0 saturated carbocycles. The zero-order valence-corrected chi connectivity index (χ0v) is 17.2. The van der Waals surface area contributed by atoms with Crippen molar-refractivity contribution in [1.29, 1.82) is 0 Å². The lowest BCUT2D eigenvalue weighted by atomic mass is 10.0. The van der Waals surface area contributed by atoms with Crippen molar-refractivity contribution in [1.82, 2.24) is 14.5 Å². The first kappa shape index (κ1) is 19.0. The van der Waals surface area contributed by atoms with Gasteiger partial charge in [-0.2, -0.15) is 0 Å². The van der Waals surface area contributed by atoms with Gasteiger partial charge in [-0.1, -0.05) is 11.6 Å². The number of rotatable bonds is 3. The van der Waals surface area contributed by atoms with Gasteiger partial charge < -0.3 is 10.2 Å². The number of nitrogens with two attached hydrogens (primary N) is 1. The van der Waals surface area contributed by atoms with Crippen molar-refractivity contribution in [3.63, 3.8) is 0 Å². The minimum absolute atomic E-state index is 0.101. The molecule has 0 bridgehead atoms. The van der Waals surface area contributed by atoms with E-state index in [2.05, 4.69) is 15.2 Å². The third-order valence-corrected chi connectivity index (χ3v) is 7.51. The number of halogens is 2. The molecule has 1 aromatic carbocycles. The van der Waals surface area contributed by atoms with E-state index in [1.54, 1.807) is 38.2 Å². The summed E-state index contributed by atoms with van der Waals surface area (Å²) in [5, 5.41) is 8.63. The largest absolute Gasteiger partial charge is 0.415 e. The summed E-state index contributed by atoms with van der Waals surface area (Å²) in [7, 11) is 0.189. The molecule has 3 aromatic rings. The SMILES string of the molecule is CN1C(N)=N[C@](C)(c2sc(-c3nnc(-c4ccc(Cl)cc4)o3)cc2F)CS1=O. The zero-order valence-electron chi connectivity index (χ0n) is 14.8. The first-order chi connectivity index (χ1) is 13.3. The van der Waals surface area contributed by atoms with Gasteiger partial charge in [0.2, 0.25) is 11.9 Å². The van der Waals surface area contributed by atoms with Crippen LogP contribution in [0.25, 0.3) is 22.2 Å². The predicted molar refractivity (Wildman–Crippen MR) is 108 cm³/mol. The number of aromatic nitrogens is 2. The van der Waals surface area contributed by atoms with Crippen LogP contribution in [0.15, 0.2) is 39.7 Å². The van der Waals surface area contributed by atoms with Gasteiger partial charge in [0, 0.05) is 17.6 Å². The number of guanidine groups is 1. The number of thiophene rings is 1. The highest BCUT2D eigenvalue weighted by atomic mass is 35.5. The second-order valence-corrected chi connectivity index (χ2v) is 9.38. The van der Waals surface area contributed by atoms with Crippen LogP contribution in [-0.4, -0.2) is 37.5 Å². The third kappa shape index (κ3) is 3.31. The summed E-state index contributed by atoms with van der Waals surface area (Å²) in [6, 6.07) is 8.26. The topological polar surface area (TPSA) is 97.6 Å². The summed E-state index contributed by atoms with van der Waals surface area (Å²) in [6.07, 6.45) is 0. The van der Waals surface area contributed by atoms with Crippen molar-refractivity contribution < 1.29 is 13.0 Å². The third-order valence-electron chi connectivity index (χ3n) is 4.30. The molecule has 0 fully saturated rings. The molecular formula is C17H15ClFN5O2S2. The monoisotopic (exact) mass is 439 g/mol. The number of aliphatic imine (C=N–C) groups is 1. The molecule has 7 nitrogen and oxygen atoms in total. The lowest BCUT2D eigenvalue weighted by Crippen LogP contribution is -2.47. The van der Waals surface area contributed by atoms with Crippen LogP contribution < -0.4 is 5.73 Å². The minimum Gasteiger partial charge on any atom is -0.415 e. The Kier molecular flexibility index (Phi) is 4.72. The lowest BCUT2D eigenvalue weighted by Gasteiger charge is -2.32. The molecule has 1 aliphatic rings. The predicted octanol–water partition coefficient (Wildman–Crippen LogP) is 3.40. The molecule has 0 saturated heterocycles. The van der Waals surface area contributed by atoms with E-state index in [1.807, 2.05) is 0 Å². The Morgan fingerprint density at radius 3 is 2.68 bits per heavy atom. The first-order valence-electron chi connectivity index (χ1n) is 8.14. The molecule has 2 N–H and O–H groups in total. The Morgan fingerprint density at radius 2 is 2.00 bits per heavy atom. The Hall–Kier alpha value is -2.30. The van der Waals surface area contributed by atoms with Crippen LogP contribution in [0.2, 0.25) is 5.02 Å². The van der Waals surface area contributed by atoms with Crippen LogP contribution >= 0.6 is 22.9 Å². The quantitative estimate of drug-likeness (QED) is 0.674. The Labute approximate surface area is 171 Å². The van der Waals surface area contributed by atoms with Gasteiger partial charge in [-0.3, -0.25) is 4.31 Å². The van der Waals surface area contributed by atoms with Crippen LogP contribution in [0.3, 0.4) is 0 Å². The van der Waals surface area contributed by atoms with E-state index < -0.39 is 22.3 Å². The highest BCUT2D eigenvalue weighted by molar-refractivity contribution is 7.83. The van der Waals surface area contributed by atoms with Crippen LogP contribution in [0.4, 0.5) is 4.39 Å². The molecule has 2 aromatic heterocycles. The van der Waals surface area contributed by atoms with E-state index >= 15 is 0 Å². The molecule has 0 spiro atoms. The van der Waals surface area contributed by atoms with Crippen LogP contribution in [0.1, 0.15) is 11.8 Å². The van der Waals surface area contributed by atoms with E-state index in [-0.39, 0.29) is 17.6 Å². The summed E-state index contributed by atoms with van der Waals surface area (Å²) in [5.41, 5.74) is 5.51. The highest BCUT2D eigenvalue weighted by Crippen LogP contribution is 2.40. The Balaban J connectivity index is 1.69. The zero-order chi connectivity index (χ0) is 20.1. The van der Waals surface area contributed by atoms with Crippen LogP contribution in [0.5, 0.6) is 0 Å². The number of hydrogen-bond acceptors (Lipinski definition) is 7. The normalized spacial score (nSPS) is 22.4. The minimum atomic E-state index is -1.40. The standard InChI is InChI=1S/C17H15ClFN5O2S2/c1-17(8-28(25)24(2)16(20)21-17)13-11(19)7-12(27-13)15-23-22-14(26-15)9-3-5-10(18)6-4-9/h3-7H,8H2,1-2H3,(H2,20,21)/t17-,28?/m0/s1. The average molecular weight is 440 g/mol. The summed E-state index contributed by atoms with van der Waals surface area (Å²) in [6.45, 7) is 1.70. The van der Waals surface area contributed by atoms with E-state index in [1.165, 1.54) is 10.4 Å². The van der Waals surface area contributed by atoms with Gasteiger partial charge in [-0.25, -0.2) is 13.6 Å². The first-order valence-corrected chi connectivity index (χ1v) is 10.6. The van der Waals surface area contributed by atoms with Crippen LogP contribution in [0, 0.1) is 5.82 Å². The summed E-state index contributed by atoms with van der Waals surface area (Å²) >= 11 is 7.01. The Bertz CT molecular complexity index is 1100. The summed E-state index contributed by atoms with van der Waals surface area (Å²) in [4.78, 5) is 5.14. The van der Waals surface area contributed by atoms with Crippen molar-refractivity contribution in [2.75, 3.05) is 12.8 Å². The molecule has 3 heterocycles. The number of hydrogen-bond donors (Lipinski definition) is 1. The van der Waals surface area contributed by atoms with Crippen molar-refractivity contribution in [2.45, 2.75) is 12.5 Å². The van der Waals surface area contributed by atoms with Gasteiger partial charge in [0.15, 0.2) is 0 Å². The number of benzene rings is 1. The lowest BCUT2D eigenvalue weighted by molar-refractivity contribution is 0.494. The molecular weight excluding hydrogens is 425 g/mol. The second-order valence-electron chi connectivity index (χ2n) is 6.41. The molecule has 1 unspecified atom stereocenters. The molecule has 0 radical (unpaired) electrons. The van der Waals surface area contributed by atoms with Gasteiger partial charge in [0.25, 0.3) is 5.89 Å². The summed E-state index contributed by atoms with van der Waals surface area (Å²) < 4.78 is 34.1. The average Bonchev–Trinajstić information content (AvgIpc) is 3.27. The summed E-state index contributed by atoms with van der Waals surface area (Å²) in [5.74, 6) is 0.239. The van der Waals surface area contributed by atoms with Gasteiger partial charge in [0.1, 0.15) is 22.3 Å². The molecule has 4 rings (SSSR count). The van der Waals surface area contributed by atoms with E-state index in [0.29, 0.717) is 26.2 Å². The fourth-order valence-corrected chi connectivity index (χ4v) is 5.18. The van der Waals surface area contributed by atoms with Gasteiger partial charge in [-0.05, 0) is 37.3 Å². The molecule has 1 aliphatic heterocycles. The van der Waals surface area contributed by atoms with Gasteiger partial charge >= 0.3 is 0 Å². The molecule has 0 amide bonds. The fraction of sp³-hybridized carbons (Fsp3) is 0.235. The van der Waals surface area contributed by atoms with Crippen molar-refractivity contribution >= 4 is 39.9 Å². The van der Waals surface area contributed by atoms with Gasteiger partial charge in [-0.15, -0.1) is 21.5 Å². The maximum Gasteiger partial charge on any atom is 0.258 e. The van der Waals surface area contributed by atoms with Crippen molar-refractivity contribution in [3.05, 3.63) is 46.0 Å². The Morgan fingerprint density at radius 1 is 1.32 bits per heavy atom. The smallest absolute Gasteiger partial charge is 0.258 e. The molecule has 2 atom stereocenters. The molecule has 11 heteroatoms. The van der Waals surface area contributed by atoms with E-state index in [9.17, 15) is 8.60 Å². The molecule has 146 valence electrons.